The Bertz CT molecular complexity index is 322. The summed E-state index contributed by atoms with van der Waals surface area (Å²) < 4.78 is 11.3. The normalized spacial score (nSPS) is 32.9. The molecule has 5 heteroatoms. The first kappa shape index (κ1) is 14.6. The average molecular weight is 260 g/mol. The third kappa shape index (κ3) is 3.07. The molecule has 1 aliphatic rings. The second-order valence-electron chi connectivity index (χ2n) is 5.10. The number of amides is 1. The standard InChI is InChI=1S/C12H24N2O2S/c1-6-12(4)11(15)14(10(3)13-12)8-7-9(2)17(5)16/h9-10,13H,6-8H2,1-5H3. The minimum Gasteiger partial charge on any atom is -0.326 e. The summed E-state index contributed by atoms with van der Waals surface area (Å²) in [4.78, 5) is 14.1. The van der Waals surface area contributed by atoms with Gasteiger partial charge in [0.1, 0.15) is 0 Å². The van der Waals surface area contributed by atoms with E-state index in [0.29, 0.717) is 6.54 Å². The molecule has 4 atom stereocenters. The molecule has 1 aliphatic heterocycles. The molecular weight excluding hydrogens is 236 g/mol. The summed E-state index contributed by atoms with van der Waals surface area (Å²) in [6.45, 7) is 8.63. The van der Waals surface area contributed by atoms with Crippen LogP contribution >= 0.6 is 0 Å². The van der Waals surface area contributed by atoms with Gasteiger partial charge in [-0.25, -0.2) is 0 Å². The molecule has 1 N–H and O–H groups in total. The third-order valence-electron chi connectivity index (χ3n) is 3.78. The molecule has 4 unspecified atom stereocenters. The van der Waals surface area contributed by atoms with Crippen LogP contribution in [0.25, 0.3) is 0 Å². The van der Waals surface area contributed by atoms with Gasteiger partial charge < -0.3 is 4.90 Å². The first-order valence-electron chi connectivity index (χ1n) is 6.23. The molecule has 0 bridgehead atoms. The van der Waals surface area contributed by atoms with E-state index in [1.807, 2.05) is 32.6 Å². The van der Waals surface area contributed by atoms with E-state index in [4.69, 9.17) is 0 Å². The van der Waals surface area contributed by atoms with Crippen LogP contribution in [0.2, 0.25) is 0 Å². The molecule has 100 valence electrons. The van der Waals surface area contributed by atoms with Crippen LogP contribution in [-0.4, -0.2) is 44.8 Å². The highest BCUT2D eigenvalue weighted by atomic mass is 32.2. The van der Waals surface area contributed by atoms with Crippen LogP contribution in [0.5, 0.6) is 0 Å². The van der Waals surface area contributed by atoms with Gasteiger partial charge in [0.2, 0.25) is 5.91 Å². The van der Waals surface area contributed by atoms with E-state index in [1.54, 1.807) is 6.26 Å². The number of nitrogens with zero attached hydrogens (tertiary/aromatic N) is 1. The monoisotopic (exact) mass is 260 g/mol. The van der Waals surface area contributed by atoms with Crippen LogP contribution in [-0.2, 0) is 15.6 Å². The van der Waals surface area contributed by atoms with Crippen molar-refractivity contribution in [1.29, 1.82) is 0 Å². The van der Waals surface area contributed by atoms with Gasteiger partial charge in [-0.15, -0.1) is 0 Å². The maximum Gasteiger partial charge on any atom is 0.243 e. The molecule has 17 heavy (non-hydrogen) atoms. The van der Waals surface area contributed by atoms with Crippen LogP contribution in [0.15, 0.2) is 0 Å². The zero-order valence-electron chi connectivity index (χ0n) is 11.4. The first-order chi connectivity index (χ1) is 7.81. The van der Waals surface area contributed by atoms with Gasteiger partial charge in [0, 0.05) is 28.9 Å². The Balaban J connectivity index is 2.61. The molecule has 1 saturated heterocycles. The summed E-state index contributed by atoms with van der Waals surface area (Å²) in [5.41, 5.74) is -0.423. The Morgan fingerprint density at radius 3 is 2.59 bits per heavy atom. The molecule has 1 heterocycles. The van der Waals surface area contributed by atoms with Crippen molar-refractivity contribution in [2.24, 2.45) is 0 Å². The Labute approximate surface area is 107 Å². The summed E-state index contributed by atoms with van der Waals surface area (Å²) in [5.74, 6) is 0.168. The van der Waals surface area contributed by atoms with E-state index in [9.17, 15) is 9.00 Å². The highest BCUT2D eigenvalue weighted by Crippen LogP contribution is 2.23. The number of hydrogen-bond donors (Lipinski definition) is 1. The maximum atomic E-state index is 12.2. The number of carbonyl (C=O) groups excluding carboxylic acids is 1. The minimum atomic E-state index is -0.812. The molecule has 1 rings (SSSR count). The molecule has 0 aliphatic carbocycles. The van der Waals surface area contributed by atoms with Crippen LogP contribution < -0.4 is 5.32 Å². The zero-order chi connectivity index (χ0) is 13.2. The van der Waals surface area contributed by atoms with Crippen molar-refractivity contribution in [1.82, 2.24) is 10.2 Å². The summed E-state index contributed by atoms with van der Waals surface area (Å²) >= 11 is 0. The van der Waals surface area contributed by atoms with Crippen LogP contribution in [0, 0.1) is 0 Å². The van der Waals surface area contributed by atoms with Crippen molar-refractivity contribution in [2.45, 2.75) is 57.5 Å². The SMILES string of the molecule is CCC1(C)NC(C)N(CCC(C)S(C)=O)C1=O. The topological polar surface area (TPSA) is 49.4 Å². The second kappa shape index (κ2) is 5.48. The Kier molecular flexibility index (Phi) is 4.72. The van der Waals surface area contributed by atoms with E-state index in [1.165, 1.54) is 0 Å². The van der Waals surface area contributed by atoms with Crippen molar-refractivity contribution in [3.63, 3.8) is 0 Å². The summed E-state index contributed by atoms with van der Waals surface area (Å²) in [5, 5.41) is 3.48. The maximum absolute atomic E-state index is 12.2. The lowest BCUT2D eigenvalue weighted by Gasteiger charge is -2.23. The van der Waals surface area contributed by atoms with Crippen molar-refractivity contribution >= 4 is 16.7 Å². The van der Waals surface area contributed by atoms with Crippen LogP contribution in [0.1, 0.15) is 40.5 Å². The first-order valence-corrected chi connectivity index (χ1v) is 7.85. The number of carbonyl (C=O) groups is 1. The van der Waals surface area contributed by atoms with Gasteiger partial charge in [-0.05, 0) is 26.7 Å². The van der Waals surface area contributed by atoms with E-state index in [0.717, 1.165) is 12.8 Å². The Morgan fingerprint density at radius 1 is 1.59 bits per heavy atom. The Hall–Kier alpha value is -0.420. The van der Waals surface area contributed by atoms with Gasteiger partial charge >= 0.3 is 0 Å². The molecule has 0 aromatic rings. The fourth-order valence-corrected chi connectivity index (χ4v) is 2.57. The lowest BCUT2D eigenvalue weighted by molar-refractivity contribution is -0.132. The van der Waals surface area contributed by atoms with Gasteiger partial charge in [0.25, 0.3) is 0 Å². The van der Waals surface area contributed by atoms with Gasteiger partial charge in [-0.2, -0.15) is 0 Å². The summed E-state index contributed by atoms with van der Waals surface area (Å²) in [6.07, 6.45) is 3.38. The summed E-state index contributed by atoms with van der Waals surface area (Å²) in [7, 11) is -0.812. The predicted molar refractivity (Wildman–Crippen MR) is 71.2 cm³/mol. The van der Waals surface area contributed by atoms with Crippen LogP contribution in [0.4, 0.5) is 0 Å². The number of rotatable bonds is 5. The number of hydrogen-bond acceptors (Lipinski definition) is 3. The van der Waals surface area contributed by atoms with Crippen molar-refractivity contribution < 1.29 is 9.00 Å². The third-order valence-corrected chi connectivity index (χ3v) is 5.15. The highest BCUT2D eigenvalue weighted by molar-refractivity contribution is 7.84. The van der Waals surface area contributed by atoms with Crippen LogP contribution in [0.3, 0.4) is 0 Å². The van der Waals surface area contributed by atoms with Gasteiger partial charge in [-0.3, -0.25) is 14.3 Å². The molecule has 1 fully saturated rings. The molecule has 0 aromatic heterocycles. The highest BCUT2D eigenvalue weighted by Gasteiger charge is 2.44. The molecule has 1 amide bonds. The second-order valence-corrected chi connectivity index (χ2v) is 6.90. The largest absolute Gasteiger partial charge is 0.326 e. The molecule has 0 spiro atoms. The van der Waals surface area contributed by atoms with E-state index >= 15 is 0 Å². The minimum absolute atomic E-state index is 0.0740. The fourth-order valence-electron chi connectivity index (χ4n) is 2.13. The van der Waals surface area contributed by atoms with E-state index in [2.05, 4.69) is 5.32 Å². The van der Waals surface area contributed by atoms with Gasteiger partial charge in [0.05, 0.1) is 11.7 Å². The van der Waals surface area contributed by atoms with Crippen molar-refractivity contribution in [3.8, 4) is 0 Å². The molecule has 0 saturated carbocycles. The molecule has 4 nitrogen and oxygen atoms in total. The summed E-state index contributed by atoms with van der Waals surface area (Å²) in [6, 6.07) is 0. The quantitative estimate of drug-likeness (QED) is 0.805. The van der Waals surface area contributed by atoms with Crippen molar-refractivity contribution in [3.05, 3.63) is 0 Å². The fraction of sp³-hybridized carbons (Fsp3) is 0.917. The molecule has 0 radical (unpaired) electrons. The smallest absolute Gasteiger partial charge is 0.243 e. The molecular formula is C12H24N2O2S. The zero-order valence-corrected chi connectivity index (χ0v) is 12.3. The molecule has 0 aromatic carbocycles. The average Bonchev–Trinajstić information content (AvgIpc) is 2.48. The van der Waals surface area contributed by atoms with Gasteiger partial charge in [-0.1, -0.05) is 13.8 Å². The van der Waals surface area contributed by atoms with E-state index < -0.39 is 16.3 Å². The lowest BCUT2D eigenvalue weighted by atomic mass is 9.99. The predicted octanol–water partition coefficient (Wildman–Crippen LogP) is 1.09. The Morgan fingerprint density at radius 2 is 2.18 bits per heavy atom. The number of nitrogens with one attached hydrogen (secondary N) is 1. The van der Waals surface area contributed by atoms with Crippen molar-refractivity contribution in [2.75, 3.05) is 12.8 Å². The lowest BCUT2D eigenvalue weighted by Crippen LogP contribution is -2.43. The van der Waals surface area contributed by atoms with Gasteiger partial charge in [0.15, 0.2) is 0 Å². The van der Waals surface area contributed by atoms with E-state index in [-0.39, 0.29) is 17.3 Å².